The van der Waals surface area contributed by atoms with Crippen LogP contribution in [0, 0.1) is 5.92 Å². The third-order valence-corrected chi connectivity index (χ3v) is 6.76. The molecular weight excluding hydrogens is 406 g/mol. The van der Waals surface area contributed by atoms with E-state index in [4.69, 9.17) is 15.2 Å². The molecule has 2 heterocycles. The average Bonchev–Trinajstić information content (AvgIpc) is 2.93. The van der Waals surface area contributed by atoms with E-state index in [0.29, 0.717) is 63.7 Å². The molecule has 3 rings (SSSR count). The van der Waals surface area contributed by atoms with Crippen molar-refractivity contribution in [3.05, 3.63) is 18.2 Å². The van der Waals surface area contributed by atoms with Crippen LogP contribution < -0.4 is 20.5 Å². The van der Waals surface area contributed by atoms with Crippen molar-refractivity contribution in [1.29, 1.82) is 0 Å². The lowest BCUT2D eigenvalue weighted by Crippen LogP contribution is -2.43. The number of rotatable bonds is 6. The minimum atomic E-state index is -3.63. The van der Waals surface area contributed by atoms with Crippen molar-refractivity contribution in [3.8, 4) is 11.5 Å². The lowest BCUT2D eigenvalue weighted by Gasteiger charge is -2.30. The fourth-order valence-corrected chi connectivity index (χ4v) is 4.76. The maximum atomic E-state index is 13.0. The van der Waals surface area contributed by atoms with Gasteiger partial charge in [-0.05, 0) is 37.9 Å². The third-order valence-electron chi connectivity index (χ3n) is 4.86. The average molecular weight is 434 g/mol. The molecule has 0 atom stereocenters. The zero-order chi connectivity index (χ0) is 19.3. The molecule has 1 aromatic rings. The smallest absolute Gasteiger partial charge is 0.243 e. The second-order valence-electron chi connectivity index (χ2n) is 6.77. The molecule has 8 nitrogen and oxygen atoms in total. The van der Waals surface area contributed by atoms with Crippen LogP contribution in [0.4, 0.5) is 0 Å². The molecule has 1 amide bonds. The Morgan fingerprint density at radius 3 is 2.54 bits per heavy atom. The molecule has 2 aliphatic rings. The second-order valence-corrected chi connectivity index (χ2v) is 8.71. The van der Waals surface area contributed by atoms with Crippen LogP contribution in [0.1, 0.15) is 25.7 Å². The first-order valence-corrected chi connectivity index (χ1v) is 10.8. The van der Waals surface area contributed by atoms with Crippen molar-refractivity contribution in [3.63, 3.8) is 0 Å². The Kier molecular flexibility index (Phi) is 8.36. The van der Waals surface area contributed by atoms with E-state index in [1.54, 1.807) is 12.1 Å². The van der Waals surface area contributed by atoms with Crippen LogP contribution in [0.25, 0.3) is 0 Å². The molecule has 158 valence electrons. The Morgan fingerprint density at radius 2 is 1.86 bits per heavy atom. The molecule has 1 saturated heterocycles. The van der Waals surface area contributed by atoms with Crippen LogP contribution in [-0.4, -0.2) is 58.0 Å². The predicted octanol–water partition coefficient (Wildman–Crippen LogP) is 1.14. The van der Waals surface area contributed by atoms with E-state index in [1.807, 2.05) is 0 Å². The van der Waals surface area contributed by atoms with E-state index in [1.165, 1.54) is 10.4 Å². The number of ether oxygens (including phenoxy) is 2. The zero-order valence-corrected chi connectivity index (χ0v) is 17.4. The number of amides is 1. The molecule has 0 bridgehead atoms. The largest absolute Gasteiger partial charge is 0.490 e. The molecule has 3 N–H and O–H groups in total. The second kappa shape index (κ2) is 10.3. The number of benzene rings is 1. The SMILES string of the molecule is Cl.NCCCNC(=O)C1CCN(S(=O)(=O)c2ccc3c(c2)OCCCO3)CC1. The zero-order valence-electron chi connectivity index (χ0n) is 15.8. The van der Waals surface area contributed by atoms with Gasteiger partial charge < -0.3 is 20.5 Å². The number of piperidine rings is 1. The van der Waals surface area contributed by atoms with E-state index in [2.05, 4.69) is 5.32 Å². The van der Waals surface area contributed by atoms with E-state index in [-0.39, 0.29) is 29.1 Å². The Hall–Kier alpha value is -1.55. The summed E-state index contributed by atoms with van der Waals surface area (Å²) < 4.78 is 38.5. The first kappa shape index (κ1) is 22.7. The summed E-state index contributed by atoms with van der Waals surface area (Å²) in [5.74, 6) is 0.858. The molecule has 28 heavy (non-hydrogen) atoms. The van der Waals surface area contributed by atoms with Crippen molar-refractivity contribution in [2.75, 3.05) is 39.4 Å². The highest BCUT2D eigenvalue weighted by Gasteiger charge is 2.32. The minimum absolute atomic E-state index is 0. The Morgan fingerprint density at radius 1 is 1.18 bits per heavy atom. The standard InChI is InChI=1S/C18H27N3O5S.ClH/c19-7-1-8-20-18(22)14-5-9-21(10-6-14)27(23,24)15-3-4-16-17(13-15)26-12-2-11-25-16;/h3-4,13-14H,1-2,5-12,19H2,(H,20,22);1H. The molecule has 0 aliphatic carbocycles. The summed E-state index contributed by atoms with van der Waals surface area (Å²) >= 11 is 0. The first-order valence-electron chi connectivity index (χ1n) is 9.40. The lowest BCUT2D eigenvalue weighted by molar-refractivity contribution is -0.126. The summed E-state index contributed by atoms with van der Waals surface area (Å²) in [6, 6.07) is 4.72. The normalized spacial score (nSPS) is 18.0. The van der Waals surface area contributed by atoms with Gasteiger partial charge in [-0.3, -0.25) is 4.79 Å². The molecule has 2 aliphatic heterocycles. The van der Waals surface area contributed by atoms with Crippen molar-refractivity contribution >= 4 is 28.3 Å². The van der Waals surface area contributed by atoms with Gasteiger partial charge in [-0.25, -0.2) is 8.42 Å². The van der Waals surface area contributed by atoms with Gasteiger partial charge in [-0.2, -0.15) is 4.31 Å². The number of nitrogens with two attached hydrogens (primary N) is 1. The topological polar surface area (TPSA) is 111 Å². The lowest BCUT2D eigenvalue weighted by atomic mass is 9.97. The van der Waals surface area contributed by atoms with Crippen molar-refractivity contribution in [2.45, 2.75) is 30.6 Å². The van der Waals surface area contributed by atoms with Gasteiger partial charge in [-0.1, -0.05) is 0 Å². The third kappa shape index (κ3) is 5.28. The van der Waals surface area contributed by atoms with E-state index in [0.717, 1.165) is 12.8 Å². The molecule has 10 heteroatoms. The molecule has 0 spiro atoms. The quantitative estimate of drug-likeness (QED) is 0.650. The first-order chi connectivity index (χ1) is 13.0. The monoisotopic (exact) mass is 433 g/mol. The van der Waals surface area contributed by atoms with Crippen molar-refractivity contribution < 1.29 is 22.7 Å². The van der Waals surface area contributed by atoms with Gasteiger partial charge in [0.05, 0.1) is 18.1 Å². The molecule has 0 unspecified atom stereocenters. The molecule has 0 radical (unpaired) electrons. The van der Waals surface area contributed by atoms with Gasteiger partial charge in [0.2, 0.25) is 15.9 Å². The summed E-state index contributed by atoms with van der Waals surface area (Å²) in [5.41, 5.74) is 5.42. The van der Waals surface area contributed by atoms with Gasteiger partial charge in [0.25, 0.3) is 0 Å². The summed E-state index contributed by atoms with van der Waals surface area (Å²) in [4.78, 5) is 12.3. The Labute approximate surface area is 172 Å². The highest BCUT2D eigenvalue weighted by molar-refractivity contribution is 7.89. The summed E-state index contributed by atoms with van der Waals surface area (Å²) in [7, 11) is -3.63. The number of sulfonamides is 1. The number of carbonyl (C=O) groups excluding carboxylic acids is 1. The van der Waals surface area contributed by atoms with Crippen molar-refractivity contribution in [1.82, 2.24) is 9.62 Å². The highest BCUT2D eigenvalue weighted by Crippen LogP contribution is 2.33. The van der Waals surface area contributed by atoms with Crippen LogP contribution in [0.2, 0.25) is 0 Å². The van der Waals surface area contributed by atoms with E-state index >= 15 is 0 Å². The number of fused-ring (bicyclic) bond motifs is 1. The number of halogens is 1. The fourth-order valence-electron chi connectivity index (χ4n) is 3.27. The van der Waals surface area contributed by atoms with Gasteiger partial charge in [0.1, 0.15) is 0 Å². The van der Waals surface area contributed by atoms with Crippen LogP contribution in [-0.2, 0) is 14.8 Å². The van der Waals surface area contributed by atoms with Gasteiger partial charge in [0, 0.05) is 38.0 Å². The van der Waals surface area contributed by atoms with E-state index < -0.39 is 10.0 Å². The number of nitrogens with zero attached hydrogens (tertiary/aromatic N) is 1. The Bertz CT molecular complexity index is 766. The number of hydrogen-bond donors (Lipinski definition) is 2. The number of hydrogen-bond acceptors (Lipinski definition) is 6. The predicted molar refractivity (Wildman–Crippen MR) is 107 cm³/mol. The number of nitrogens with one attached hydrogen (secondary N) is 1. The van der Waals surface area contributed by atoms with Gasteiger partial charge >= 0.3 is 0 Å². The summed E-state index contributed by atoms with van der Waals surface area (Å²) in [6.07, 6.45) is 2.52. The Balaban J connectivity index is 0.00000280. The fraction of sp³-hybridized carbons (Fsp3) is 0.611. The summed E-state index contributed by atoms with van der Waals surface area (Å²) in [5, 5.41) is 2.86. The molecule has 1 aromatic carbocycles. The molecule has 1 fully saturated rings. The van der Waals surface area contributed by atoms with Gasteiger partial charge in [-0.15, -0.1) is 12.4 Å². The highest BCUT2D eigenvalue weighted by atomic mass is 35.5. The number of carbonyl (C=O) groups is 1. The summed E-state index contributed by atoms with van der Waals surface area (Å²) in [6.45, 7) is 2.80. The van der Waals surface area contributed by atoms with Crippen LogP contribution >= 0.6 is 12.4 Å². The minimum Gasteiger partial charge on any atom is -0.490 e. The van der Waals surface area contributed by atoms with Gasteiger partial charge in [0.15, 0.2) is 11.5 Å². The van der Waals surface area contributed by atoms with Crippen LogP contribution in [0.3, 0.4) is 0 Å². The maximum Gasteiger partial charge on any atom is 0.243 e. The molecule has 0 saturated carbocycles. The van der Waals surface area contributed by atoms with Crippen LogP contribution in [0.5, 0.6) is 11.5 Å². The maximum absolute atomic E-state index is 13.0. The van der Waals surface area contributed by atoms with E-state index in [9.17, 15) is 13.2 Å². The van der Waals surface area contributed by atoms with Crippen LogP contribution in [0.15, 0.2) is 23.1 Å². The van der Waals surface area contributed by atoms with Crippen molar-refractivity contribution in [2.24, 2.45) is 11.7 Å². The molecular formula is C18H28ClN3O5S. The molecule has 0 aromatic heterocycles.